The number of fused-ring (bicyclic) bond motifs is 1. The van der Waals surface area contributed by atoms with E-state index in [0.29, 0.717) is 50.5 Å². The molecule has 0 aliphatic carbocycles. The van der Waals surface area contributed by atoms with Crippen molar-refractivity contribution in [2.45, 2.75) is 38.8 Å². The Balaban J connectivity index is 1.44. The lowest BCUT2D eigenvalue weighted by molar-refractivity contribution is -0.160. The van der Waals surface area contributed by atoms with Crippen molar-refractivity contribution < 1.29 is 19.1 Å². The summed E-state index contributed by atoms with van der Waals surface area (Å²) in [4.78, 5) is 44.3. The van der Waals surface area contributed by atoms with Gasteiger partial charge in [-0.1, -0.05) is 42.5 Å². The second-order valence-electron chi connectivity index (χ2n) is 8.31. The van der Waals surface area contributed by atoms with E-state index in [9.17, 15) is 14.4 Å². The van der Waals surface area contributed by atoms with Crippen molar-refractivity contribution in [1.82, 2.24) is 14.5 Å². The largest absolute Gasteiger partial charge is 0.453 e. The number of amides is 1. The molecule has 2 aromatic carbocycles. The summed E-state index contributed by atoms with van der Waals surface area (Å²) in [6.45, 7) is 4.02. The first-order valence-electron chi connectivity index (χ1n) is 11.6. The van der Waals surface area contributed by atoms with Crippen LogP contribution in [0.3, 0.4) is 0 Å². The minimum atomic E-state index is -0.877. The van der Waals surface area contributed by atoms with Crippen molar-refractivity contribution in [3.8, 4) is 0 Å². The van der Waals surface area contributed by atoms with Gasteiger partial charge in [0.15, 0.2) is 6.10 Å². The van der Waals surface area contributed by atoms with Gasteiger partial charge in [-0.05, 0) is 31.0 Å². The van der Waals surface area contributed by atoms with Crippen LogP contribution < -0.4 is 5.56 Å². The molecule has 3 aromatic rings. The van der Waals surface area contributed by atoms with E-state index in [1.807, 2.05) is 54.6 Å². The fourth-order valence-corrected chi connectivity index (χ4v) is 4.08. The van der Waals surface area contributed by atoms with Crippen LogP contribution in [0.5, 0.6) is 0 Å². The lowest BCUT2D eigenvalue weighted by Gasteiger charge is -2.28. The van der Waals surface area contributed by atoms with Crippen LogP contribution in [0, 0.1) is 0 Å². The Morgan fingerprint density at radius 3 is 2.50 bits per heavy atom. The van der Waals surface area contributed by atoms with Gasteiger partial charge in [-0.15, -0.1) is 0 Å². The molecule has 0 bridgehead atoms. The van der Waals surface area contributed by atoms with Gasteiger partial charge in [0.25, 0.3) is 11.5 Å². The van der Waals surface area contributed by atoms with E-state index in [-0.39, 0.29) is 24.3 Å². The lowest BCUT2D eigenvalue weighted by Crippen LogP contribution is -2.46. The standard InChI is InChI=1S/C26H29N3O5/c1-19(25(31)28-15-17-33-18-16-28)34-24(30)12-11-22-26(32)29(14-13-20-7-3-2-4-8-20)23-10-6-5-9-21(23)27-22/h2-10,19H,11-18H2,1H3/t19-/m1/s1. The summed E-state index contributed by atoms with van der Waals surface area (Å²) in [7, 11) is 0. The summed E-state index contributed by atoms with van der Waals surface area (Å²) in [5.74, 6) is -0.761. The monoisotopic (exact) mass is 463 g/mol. The Morgan fingerprint density at radius 1 is 1.03 bits per heavy atom. The minimum Gasteiger partial charge on any atom is -0.453 e. The van der Waals surface area contributed by atoms with E-state index in [1.165, 1.54) is 0 Å². The maximum Gasteiger partial charge on any atom is 0.306 e. The number of hydrogen-bond donors (Lipinski definition) is 0. The molecule has 178 valence electrons. The van der Waals surface area contributed by atoms with Crippen LogP contribution in [-0.4, -0.2) is 58.7 Å². The number of esters is 1. The number of aryl methyl sites for hydroxylation is 3. The molecule has 0 saturated carbocycles. The van der Waals surface area contributed by atoms with Crippen molar-refractivity contribution in [1.29, 1.82) is 0 Å². The highest BCUT2D eigenvalue weighted by Gasteiger charge is 2.25. The molecule has 1 atom stereocenters. The zero-order valence-electron chi connectivity index (χ0n) is 19.3. The van der Waals surface area contributed by atoms with E-state index in [2.05, 4.69) is 4.98 Å². The molecule has 1 aliphatic rings. The Labute approximate surface area is 198 Å². The number of aromatic nitrogens is 2. The number of morpholine rings is 1. The molecule has 8 nitrogen and oxygen atoms in total. The van der Waals surface area contributed by atoms with Gasteiger partial charge in [-0.25, -0.2) is 4.98 Å². The maximum absolute atomic E-state index is 13.2. The number of hydrogen-bond acceptors (Lipinski definition) is 6. The average Bonchev–Trinajstić information content (AvgIpc) is 2.87. The van der Waals surface area contributed by atoms with Gasteiger partial charge in [-0.3, -0.25) is 14.4 Å². The van der Waals surface area contributed by atoms with Gasteiger partial charge in [0.2, 0.25) is 0 Å². The normalized spacial score (nSPS) is 14.7. The van der Waals surface area contributed by atoms with Crippen molar-refractivity contribution in [3.05, 3.63) is 76.2 Å². The van der Waals surface area contributed by atoms with Gasteiger partial charge >= 0.3 is 5.97 Å². The second kappa shape index (κ2) is 11.1. The van der Waals surface area contributed by atoms with Gasteiger partial charge in [0.05, 0.1) is 30.7 Å². The molecule has 8 heteroatoms. The summed E-state index contributed by atoms with van der Waals surface area (Å²) >= 11 is 0. The lowest BCUT2D eigenvalue weighted by atomic mass is 10.1. The number of ether oxygens (including phenoxy) is 2. The number of carbonyl (C=O) groups excluding carboxylic acids is 2. The van der Waals surface area contributed by atoms with Crippen LogP contribution in [-0.2, 0) is 38.4 Å². The maximum atomic E-state index is 13.2. The van der Waals surface area contributed by atoms with Crippen LogP contribution in [0.2, 0.25) is 0 Å². The summed E-state index contributed by atoms with van der Waals surface area (Å²) in [6.07, 6.45) is -0.0540. The number of benzene rings is 2. The van der Waals surface area contributed by atoms with E-state index < -0.39 is 12.1 Å². The topological polar surface area (TPSA) is 90.7 Å². The highest BCUT2D eigenvalue weighted by molar-refractivity contribution is 5.83. The van der Waals surface area contributed by atoms with Crippen molar-refractivity contribution in [3.63, 3.8) is 0 Å². The SMILES string of the molecule is C[C@@H](OC(=O)CCc1nc2ccccc2n(CCc2ccccc2)c1=O)C(=O)N1CCOCC1. The highest BCUT2D eigenvalue weighted by atomic mass is 16.5. The fourth-order valence-electron chi connectivity index (χ4n) is 4.08. The van der Waals surface area contributed by atoms with Crippen LogP contribution >= 0.6 is 0 Å². The molecule has 1 aliphatic heterocycles. The molecule has 2 heterocycles. The van der Waals surface area contributed by atoms with E-state index in [4.69, 9.17) is 9.47 Å². The zero-order valence-corrected chi connectivity index (χ0v) is 19.3. The predicted molar refractivity (Wildman–Crippen MR) is 127 cm³/mol. The Hall–Kier alpha value is -3.52. The Kier molecular flexibility index (Phi) is 7.69. The zero-order chi connectivity index (χ0) is 23.9. The minimum absolute atomic E-state index is 0.0278. The molecule has 1 amide bonds. The average molecular weight is 464 g/mol. The van der Waals surface area contributed by atoms with Gasteiger partial charge in [-0.2, -0.15) is 0 Å². The number of nitrogens with zero attached hydrogens (tertiary/aromatic N) is 3. The summed E-state index contributed by atoms with van der Waals surface area (Å²) in [5.41, 5.74) is 2.71. The van der Waals surface area contributed by atoms with Gasteiger partial charge in [0.1, 0.15) is 5.69 Å². The number of para-hydroxylation sites is 2. The summed E-state index contributed by atoms with van der Waals surface area (Å²) in [5, 5.41) is 0. The number of carbonyl (C=O) groups is 2. The van der Waals surface area contributed by atoms with Crippen molar-refractivity contribution in [2.24, 2.45) is 0 Å². The smallest absolute Gasteiger partial charge is 0.306 e. The molecule has 1 fully saturated rings. The third-order valence-corrected chi connectivity index (χ3v) is 5.93. The first kappa shape index (κ1) is 23.6. The van der Waals surface area contributed by atoms with E-state index in [1.54, 1.807) is 16.4 Å². The van der Waals surface area contributed by atoms with Crippen LogP contribution in [0.4, 0.5) is 0 Å². The van der Waals surface area contributed by atoms with Crippen molar-refractivity contribution in [2.75, 3.05) is 26.3 Å². The molecular formula is C26H29N3O5. The molecule has 34 heavy (non-hydrogen) atoms. The summed E-state index contributed by atoms with van der Waals surface area (Å²) in [6, 6.07) is 17.5. The van der Waals surface area contributed by atoms with Crippen LogP contribution in [0.1, 0.15) is 24.6 Å². The molecule has 1 aromatic heterocycles. The van der Waals surface area contributed by atoms with Crippen LogP contribution in [0.15, 0.2) is 59.4 Å². The number of rotatable bonds is 8. The third kappa shape index (κ3) is 5.69. The second-order valence-corrected chi connectivity index (χ2v) is 8.31. The third-order valence-electron chi connectivity index (χ3n) is 5.93. The first-order valence-corrected chi connectivity index (χ1v) is 11.6. The molecule has 0 N–H and O–H groups in total. The van der Waals surface area contributed by atoms with Crippen LogP contribution in [0.25, 0.3) is 11.0 Å². The molecule has 4 rings (SSSR count). The first-order chi connectivity index (χ1) is 16.5. The van der Waals surface area contributed by atoms with Gasteiger partial charge in [0, 0.05) is 26.1 Å². The van der Waals surface area contributed by atoms with E-state index in [0.717, 1.165) is 11.1 Å². The molecule has 0 spiro atoms. The molecular weight excluding hydrogens is 434 g/mol. The predicted octanol–water partition coefficient (Wildman–Crippen LogP) is 2.36. The van der Waals surface area contributed by atoms with Crippen molar-refractivity contribution >= 4 is 22.9 Å². The molecule has 0 radical (unpaired) electrons. The quantitative estimate of drug-likeness (QED) is 0.477. The van der Waals surface area contributed by atoms with E-state index >= 15 is 0 Å². The fraction of sp³-hybridized carbons (Fsp3) is 0.385. The molecule has 0 unspecified atom stereocenters. The summed E-state index contributed by atoms with van der Waals surface area (Å²) < 4.78 is 12.3. The van der Waals surface area contributed by atoms with Gasteiger partial charge < -0.3 is 18.9 Å². The highest BCUT2D eigenvalue weighted by Crippen LogP contribution is 2.13. The molecule has 1 saturated heterocycles. The Morgan fingerprint density at radius 2 is 1.74 bits per heavy atom. The Bertz CT molecular complexity index is 1200.